The van der Waals surface area contributed by atoms with E-state index < -0.39 is 0 Å². The highest BCUT2D eigenvalue weighted by Crippen LogP contribution is 2.11. The third-order valence-corrected chi connectivity index (χ3v) is 3.58. The van der Waals surface area contributed by atoms with Gasteiger partial charge in [-0.2, -0.15) is 0 Å². The lowest BCUT2D eigenvalue weighted by molar-refractivity contribution is 0.0931. The predicted octanol–water partition coefficient (Wildman–Crippen LogP) is 3.44. The Morgan fingerprint density at radius 3 is 2.44 bits per heavy atom. The van der Waals surface area contributed by atoms with E-state index in [-0.39, 0.29) is 17.9 Å². The van der Waals surface area contributed by atoms with Gasteiger partial charge in [0.05, 0.1) is 0 Å². The smallest absolute Gasteiger partial charge is 0.251 e. The molecule has 0 bridgehead atoms. The first-order valence-corrected chi connectivity index (χ1v) is 6.49. The number of halogens is 2. The molecule has 4 heteroatoms. The van der Waals surface area contributed by atoms with Crippen LogP contribution in [-0.2, 0) is 0 Å². The average Bonchev–Trinajstić information content (AvgIpc) is 2.28. The lowest BCUT2D eigenvalue weighted by atomic mass is 10.1. The van der Waals surface area contributed by atoms with Gasteiger partial charge in [-0.1, -0.05) is 22.9 Å². The Bertz CT molecular complexity index is 353. The van der Waals surface area contributed by atoms with E-state index in [1.807, 2.05) is 26.0 Å². The molecule has 1 aromatic carbocycles. The maximum absolute atomic E-state index is 11.8. The number of nitrogens with one attached hydrogen (secondary N) is 1. The van der Waals surface area contributed by atoms with Gasteiger partial charge in [-0.25, -0.2) is 0 Å². The number of benzene rings is 1. The van der Waals surface area contributed by atoms with E-state index in [0.717, 1.165) is 4.47 Å². The topological polar surface area (TPSA) is 29.1 Å². The molecule has 2 nitrogen and oxygen atoms in total. The number of hydrogen-bond donors (Lipinski definition) is 1. The minimum absolute atomic E-state index is 0.0584. The summed E-state index contributed by atoms with van der Waals surface area (Å²) >= 11 is 9.07. The van der Waals surface area contributed by atoms with E-state index in [9.17, 15) is 4.79 Å². The van der Waals surface area contributed by atoms with E-state index in [1.165, 1.54) is 0 Å². The molecule has 0 aromatic heterocycles. The van der Waals surface area contributed by atoms with E-state index in [0.29, 0.717) is 11.4 Å². The average molecular weight is 305 g/mol. The second kappa shape index (κ2) is 6.26. The highest BCUT2D eigenvalue weighted by atomic mass is 79.9. The first-order valence-electron chi connectivity index (χ1n) is 5.17. The summed E-state index contributed by atoms with van der Waals surface area (Å²) in [7, 11) is 0. The van der Waals surface area contributed by atoms with Crippen LogP contribution in [0.25, 0.3) is 0 Å². The molecule has 0 saturated carbocycles. The normalized spacial score (nSPS) is 14.2. The molecule has 88 valence electrons. The van der Waals surface area contributed by atoms with Crippen molar-refractivity contribution >= 4 is 33.4 Å². The van der Waals surface area contributed by atoms with Gasteiger partial charge in [-0.3, -0.25) is 4.79 Å². The molecule has 0 saturated heterocycles. The van der Waals surface area contributed by atoms with Crippen LogP contribution in [0.4, 0.5) is 0 Å². The molecular formula is C12H15BrClNO. The summed E-state index contributed by atoms with van der Waals surface area (Å²) in [5.41, 5.74) is 0.664. The summed E-state index contributed by atoms with van der Waals surface area (Å²) < 4.78 is 0.964. The van der Waals surface area contributed by atoms with Crippen LogP contribution in [0, 0.1) is 5.92 Å². The number of amides is 1. The first kappa shape index (κ1) is 13.5. The van der Waals surface area contributed by atoms with Crippen molar-refractivity contribution in [2.24, 2.45) is 5.92 Å². The van der Waals surface area contributed by atoms with Crippen molar-refractivity contribution in [1.29, 1.82) is 0 Å². The van der Waals surface area contributed by atoms with Gasteiger partial charge >= 0.3 is 0 Å². The van der Waals surface area contributed by atoms with Crippen LogP contribution < -0.4 is 5.32 Å². The molecule has 2 unspecified atom stereocenters. The maximum atomic E-state index is 11.8. The standard InChI is InChI=1S/C12H15BrClNO/c1-8(7-14)9(2)15-12(16)10-3-5-11(13)6-4-10/h3-6,8-9H,7H2,1-2H3,(H,15,16). The van der Waals surface area contributed by atoms with Gasteiger partial charge < -0.3 is 5.32 Å². The minimum Gasteiger partial charge on any atom is -0.349 e. The number of carbonyl (C=O) groups is 1. The van der Waals surface area contributed by atoms with Gasteiger partial charge in [-0.15, -0.1) is 11.6 Å². The Hall–Kier alpha value is -0.540. The largest absolute Gasteiger partial charge is 0.349 e. The number of hydrogen-bond acceptors (Lipinski definition) is 1. The van der Waals surface area contributed by atoms with Crippen molar-refractivity contribution in [3.63, 3.8) is 0 Å². The molecule has 1 rings (SSSR count). The van der Waals surface area contributed by atoms with Crippen molar-refractivity contribution in [3.05, 3.63) is 34.3 Å². The lowest BCUT2D eigenvalue weighted by Gasteiger charge is -2.19. The molecule has 0 spiro atoms. The maximum Gasteiger partial charge on any atom is 0.251 e. The fourth-order valence-corrected chi connectivity index (χ4v) is 1.70. The Labute approximate surface area is 110 Å². The zero-order valence-corrected chi connectivity index (χ0v) is 11.7. The second-order valence-electron chi connectivity index (χ2n) is 3.90. The van der Waals surface area contributed by atoms with Gasteiger partial charge in [0.1, 0.15) is 0 Å². The van der Waals surface area contributed by atoms with Gasteiger partial charge in [-0.05, 0) is 37.1 Å². The third-order valence-electron chi connectivity index (χ3n) is 2.56. The number of rotatable bonds is 4. The van der Waals surface area contributed by atoms with Crippen molar-refractivity contribution in [2.75, 3.05) is 5.88 Å². The van der Waals surface area contributed by atoms with Crippen molar-refractivity contribution in [1.82, 2.24) is 5.32 Å². The third kappa shape index (κ3) is 3.80. The van der Waals surface area contributed by atoms with Gasteiger partial charge in [0.2, 0.25) is 0 Å². The van der Waals surface area contributed by atoms with E-state index >= 15 is 0 Å². The van der Waals surface area contributed by atoms with Crippen LogP contribution in [-0.4, -0.2) is 17.8 Å². The van der Waals surface area contributed by atoms with Gasteiger partial charge in [0.15, 0.2) is 0 Å². The van der Waals surface area contributed by atoms with Gasteiger partial charge in [0.25, 0.3) is 5.91 Å². The summed E-state index contributed by atoms with van der Waals surface area (Å²) in [5, 5.41) is 2.93. The SMILES string of the molecule is CC(CCl)C(C)NC(=O)c1ccc(Br)cc1. The zero-order chi connectivity index (χ0) is 12.1. The van der Waals surface area contributed by atoms with Crippen molar-refractivity contribution < 1.29 is 4.79 Å². The molecule has 1 amide bonds. The quantitative estimate of drug-likeness (QED) is 0.848. The van der Waals surface area contributed by atoms with Crippen molar-refractivity contribution in [2.45, 2.75) is 19.9 Å². The zero-order valence-electron chi connectivity index (χ0n) is 9.34. The van der Waals surface area contributed by atoms with Crippen molar-refractivity contribution in [3.8, 4) is 0 Å². The van der Waals surface area contributed by atoms with Crippen LogP contribution in [0.5, 0.6) is 0 Å². The highest BCUT2D eigenvalue weighted by Gasteiger charge is 2.14. The molecule has 0 fully saturated rings. The van der Waals surface area contributed by atoms with Crippen LogP contribution in [0.1, 0.15) is 24.2 Å². The Morgan fingerprint density at radius 1 is 1.38 bits per heavy atom. The van der Waals surface area contributed by atoms with E-state index in [1.54, 1.807) is 12.1 Å². The highest BCUT2D eigenvalue weighted by molar-refractivity contribution is 9.10. The molecule has 0 aliphatic rings. The second-order valence-corrected chi connectivity index (χ2v) is 5.12. The Morgan fingerprint density at radius 2 is 1.94 bits per heavy atom. The molecule has 16 heavy (non-hydrogen) atoms. The lowest BCUT2D eigenvalue weighted by Crippen LogP contribution is -2.37. The monoisotopic (exact) mass is 303 g/mol. The van der Waals surface area contributed by atoms with Crippen LogP contribution in [0.3, 0.4) is 0 Å². The number of carbonyl (C=O) groups excluding carboxylic acids is 1. The summed E-state index contributed by atoms with van der Waals surface area (Å²) in [6.07, 6.45) is 0. The molecule has 2 atom stereocenters. The summed E-state index contributed by atoms with van der Waals surface area (Å²) in [4.78, 5) is 11.8. The fraction of sp³-hybridized carbons (Fsp3) is 0.417. The predicted molar refractivity (Wildman–Crippen MR) is 71.0 cm³/mol. The van der Waals surface area contributed by atoms with E-state index in [4.69, 9.17) is 11.6 Å². The summed E-state index contributed by atoms with van der Waals surface area (Å²) in [5.74, 6) is 0.750. The Kier molecular flexibility index (Phi) is 5.29. The molecule has 0 aliphatic carbocycles. The first-order chi connectivity index (χ1) is 7.54. The Balaban J connectivity index is 2.62. The molecular weight excluding hydrogens is 289 g/mol. The van der Waals surface area contributed by atoms with Crippen LogP contribution in [0.2, 0.25) is 0 Å². The van der Waals surface area contributed by atoms with Crippen LogP contribution >= 0.6 is 27.5 Å². The fourth-order valence-electron chi connectivity index (χ4n) is 1.17. The molecule has 0 heterocycles. The summed E-state index contributed by atoms with van der Waals surface area (Å²) in [6, 6.07) is 7.36. The van der Waals surface area contributed by atoms with Gasteiger partial charge in [0, 0.05) is 22.0 Å². The molecule has 1 N–H and O–H groups in total. The minimum atomic E-state index is -0.0584. The molecule has 0 aliphatic heterocycles. The van der Waals surface area contributed by atoms with Crippen LogP contribution in [0.15, 0.2) is 28.7 Å². The molecule has 1 aromatic rings. The molecule has 0 radical (unpaired) electrons. The van der Waals surface area contributed by atoms with E-state index in [2.05, 4.69) is 21.2 Å². The summed E-state index contributed by atoms with van der Waals surface area (Å²) in [6.45, 7) is 3.98. The number of alkyl halides is 1.